The minimum absolute atomic E-state index is 0.0435. The summed E-state index contributed by atoms with van der Waals surface area (Å²) in [5, 5.41) is 22.7. The summed E-state index contributed by atoms with van der Waals surface area (Å²) in [6.07, 6.45) is -1.21. The monoisotopic (exact) mass is 437 g/mol. The molecule has 0 radical (unpaired) electrons. The Balaban J connectivity index is 1.86. The molecule has 0 aliphatic rings. The van der Waals surface area contributed by atoms with E-state index < -0.39 is 23.3 Å². The molecule has 3 rings (SSSR count). The minimum atomic E-state index is -1.03. The van der Waals surface area contributed by atoms with Gasteiger partial charge in [0.2, 0.25) is 5.95 Å². The van der Waals surface area contributed by atoms with Crippen molar-refractivity contribution >= 4 is 34.7 Å². The lowest BCUT2D eigenvalue weighted by Gasteiger charge is -2.15. The zero-order valence-corrected chi connectivity index (χ0v) is 16.7. The van der Waals surface area contributed by atoms with E-state index in [0.29, 0.717) is 10.8 Å². The Hall–Kier alpha value is -3.31. The maximum atomic E-state index is 12.4. The fraction of sp³-hybridized carbons (Fsp3) is 0.333. The summed E-state index contributed by atoms with van der Waals surface area (Å²) >= 11 is 5.83. The number of aliphatic hydroxyl groups excluding tert-OH is 1. The SMILES string of the molecule is Cn1c(=O)[nH]c(=O)c2c1nc(NCCC(=O)O)n2C[C@H](O)COc1ccc(Cl)cc1. The van der Waals surface area contributed by atoms with Crippen LogP contribution in [0.15, 0.2) is 33.9 Å². The van der Waals surface area contributed by atoms with Crippen LogP contribution in [0.25, 0.3) is 11.2 Å². The quantitative estimate of drug-likeness (QED) is 0.375. The van der Waals surface area contributed by atoms with Crippen molar-refractivity contribution in [3.63, 3.8) is 0 Å². The highest BCUT2D eigenvalue weighted by atomic mass is 35.5. The Bertz CT molecular complexity index is 1170. The van der Waals surface area contributed by atoms with Crippen LogP contribution in [0.1, 0.15) is 6.42 Å². The van der Waals surface area contributed by atoms with Gasteiger partial charge in [0.05, 0.1) is 13.0 Å². The van der Waals surface area contributed by atoms with Gasteiger partial charge in [0.1, 0.15) is 18.5 Å². The summed E-state index contributed by atoms with van der Waals surface area (Å²) in [6, 6.07) is 6.61. The van der Waals surface area contributed by atoms with E-state index in [4.69, 9.17) is 21.4 Å². The molecule has 2 heterocycles. The Morgan fingerprint density at radius 3 is 2.70 bits per heavy atom. The van der Waals surface area contributed by atoms with Crippen LogP contribution in [0.4, 0.5) is 5.95 Å². The van der Waals surface area contributed by atoms with E-state index >= 15 is 0 Å². The first kappa shape index (κ1) is 21.4. The van der Waals surface area contributed by atoms with Gasteiger partial charge in [0, 0.05) is 18.6 Å². The number of ether oxygens (including phenoxy) is 1. The van der Waals surface area contributed by atoms with Crippen LogP contribution in [0.2, 0.25) is 5.02 Å². The predicted octanol–water partition coefficient (Wildman–Crippen LogP) is 0.403. The molecule has 0 aliphatic heterocycles. The molecule has 0 saturated heterocycles. The number of aromatic amines is 1. The number of aromatic nitrogens is 4. The Kier molecular flexibility index (Phi) is 6.43. The van der Waals surface area contributed by atoms with E-state index in [1.165, 1.54) is 11.6 Å². The fourth-order valence-corrected chi connectivity index (χ4v) is 2.94. The second kappa shape index (κ2) is 9.01. The first-order valence-corrected chi connectivity index (χ1v) is 9.35. The van der Waals surface area contributed by atoms with Crippen LogP contribution < -0.4 is 21.3 Å². The molecule has 0 saturated carbocycles. The zero-order chi connectivity index (χ0) is 21.8. The fourth-order valence-electron chi connectivity index (χ4n) is 2.82. The summed E-state index contributed by atoms with van der Waals surface area (Å²) < 4.78 is 8.08. The number of rotatable bonds is 9. The van der Waals surface area contributed by atoms with E-state index in [-0.39, 0.29) is 43.2 Å². The number of hydrogen-bond acceptors (Lipinski definition) is 7. The van der Waals surface area contributed by atoms with Crippen molar-refractivity contribution in [3.8, 4) is 5.75 Å². The summed E-state index contributed by atoms with van der Waals surface area (Å²) in [5.41, 5.74) is -1.13. The lowest BCUT2D eigenvalue weighted by Crippen LogP contribution is -2.31. The highest BCUT2D eigenvalue weighted by Gasteiger charge is 2.20. The molecule has 160 valence electrons. The molecule has 2 aromatic heterocycles. The molecule has 1 atom stereocenters. The van der Waals surface area contributed by atoms with Gasteiger partial charge in [-0.1, -0.05) is 11.6 Å². The number of benzene rings is 1. The summed E-state index contributed by atoms with van der Waals surface area (Å²) in [4.78, 5) is 41.5. The van der Waals surface area contributed by atoms with E-state index in [1.807, 2.05) is 0 Å². The van der Waals surface area contributed by atoms with E-state index in [1.54, 1.807) is 24.3 Å². The van der Waals surface area contributed by atoms with Crippen molar-refractivity contribution < 1.29 is 19.7 Å². The summed E-state index contributed by atoms with van der Waals surface area (Å²) in [7, 11) is 1.44. The van der Waals surface area contributed by atoms with Crippen molar-refractivity contribution in [3.05, 3.63) is 50.1 Å². The molecular weight excluding hydrogens is 418 g/mol. The Morgan fingerprint density at radius 2 is 2.03 bits per heavy atom. The lowest BCUT2D eigenvalue weighted by molar-refractivity contribution is -0.136. The molecule has 3 aromatic rings. The largest absolute Gasteiger partial charge is 0.491 e. The molecule has 12 heteroatoms. The first-order valence-electron chi connectivity index (χ1n) is 8.98. The molecule has 0 spiro atoms. The summed E-state index contributed by atoms with van der Waals surface area (Å²) in [6.45, 7) is -0.123. The van der Waals surface area contributed by atoms with Gasteiger partial charge in [-0.3, -0.25) is 19.1 Å². The Labute approximate surface area is 174 Å². The van der Waals surface area contributed by atoms with Crippen LogP contribution in [-0.2, 0) is 18.4 Å². The molecule has 0 unspecified atom stereocenters. The smallest absolute Gasteiger partial charge is 0.329 e. The molecule has 30 heavy (non-hydrogen) atoms. The number of nitrogens with zero attached hydrogens (tertiary/aromatic N) is 3. The average Bonchev–Trinajstić information content (AvgIpc) is 3.04. The molecule has 0 bridgehead atoms. The Morgan fingerprint density at radius 1 is 1.33 bits per heavy atom. The number of aliphatic carboxylic acids is 1. The molecule has 0 fully saturated rings. The number of hydrogen-bond donors (Lipinski definition) is 4. The van der Waals surface area contributed by atoms with Gasteiger partial charge in [-0.2, -0.15) is 4.98 Å². The number of anilines is 1. The van der Waals surface area contributed by atoms with E-state index in [0.717, 1.165) is 4.57 Å². The second-order valence-corrected chi connectivity index (χ2v) is 6.96. The van der Waals surface area contributed by atoms with Crippen LogP contribution in [0, 0.1) is 0 Å². The van der Waals surface area contributed by atoms with Crippen molar-refractivity contribution in [2.75, 3.05) is 18.5 Å². The van der Waals surface area contributed by atoms with Crippen molar-refractivity contribution in [2.45, 2.75) is 19.1 Å². The van der Waals surface area contributed by atoms with Crippen molar-refractivity contribution in [1.29, 1.82) is 0 Å². The first-order chi connectivity index (χ1) is 14.3. The van der Waals surface area contributed by atoms with Crippen LogP contribution in [-0.4, -0.2) is 54.5 Å². The maximum absolute atomic E-state index is 12.4. The van der Waals surface area contributed by atoms with Gasteiger partial charge >= 0.3 is 11.7 Å². The third kappa shape index (κ3) is 4.81. The van der Waals surface area contributed by atoms with E-state index in [2.05, 4.69) is 15.3 Å². The van der Waals surface area contributed by atoms with Gasteiger partial charge in [0.25, 0.3) is 5.56 Å². The third-order valence-corrected chi connectivity index (χ3v) is 4.53. The van der Waals surface area contributed by atoms with E-state index in [9.17, 15) is 19.5 Å². The highest BCUT2D eigenvalue weighted by molar-refractivity contribution is 6.30. The summed E-state index contributed by atoms with van der Waals surface area (Å²) in [5.74, 6) is -0.343. The number of carboxylic acid groups (broad SMARTS) is 1. The van der Waals surface area contributed by atoms with Gasteiger partial charge in [0.15, 0.2) is 11.2 Å². The molecule has 0 aliphatic carbocycles. The number of aliphatic hydroxyl groups is 1. The average molecular weight is 438 g/mol. The molecule has 11 nitrogen and oxygen atoms in total. The number of nitrogens with one attached hydrogen (secondary N) is 2. The van der Waals surface area contributed by atoms with Crippen LogP contribution in [0.3, 0.4) is 0 Å². The number of carboxylic acids is 1. The topological polar surface area (TPSA) is 151 Å². The molecular formula is C18H20ClN5O6. The minimum Gasteiger partial charge on any atom is -0.491 e. The number of H-pyrrole nitrogens is 1. The van der Waals surface area contributed by atoms with Gasteiger partial charge in [-0.25, -0.2) is 4.79 Å². The molecule has 1 aromatic carbocycles. The van der Waals surface area contributed by atoms with Gasteiger partial charge in [-0.05, 0) is 24.3 Å². The standard InChI is InChI=1S/C18H20ClN5O6/c1-23-15-14(16(28)22-18(23)29)24(17(21-15)20-7-6-13(26)27)8-11(25)9-30-12-4-2-10(19)3-5-12/h2-5,11,25H,6-9H2,1H3,(H,20,21)(H,26,27)(H,22,28,29)/t11-/m0/s1. The van der Waals surface area contributed by atoms with Crippen LogP contribution in [0.5, 0.6) is 5.75 Å². The number of imidazole rings is 1. The van der Waals surface area contributed by atoms with Crippen LogP contribution >= 0.6 is 11.6 Å². The van der Waals surface area contributed by atoms with Crippen molar-refractivity contribution in [2.24, 2.45) is 7.05 Å². The molecule has 0 amide bonds. The zero-order valence-electron chi connectivity index (χ0n) is 16.0. The number of halogens is 1. The lowest BCUT2D eigenvalue weighted by atomic mass is 10.3. The maximum Gasteiger partial charge on any atom is 0.329 e. The predicted molar refractivity (Wildman–Crippen MR) is 109 cm³/mol. The molecule has 4 N–H and O–H groups in total. The highest BCUT2D eigenvalue weighted by Crippen LogP contribution is 2.18. The third-order valence-electron chi connectivity index (χ3n) is 4.28. The number of carbonyl (C=O) groups is 1. The van der Waals surface area contributed by atoms with Gasteiger partial charge in [-0.15, -0.1) is 0 Å². The van der Waals surface area contributed by atoms with Gasteiger partial charge < -0.3 is 24.8 Å². The number of fused-ring (bicyclic) bond motifs is 1. The van der Waals surface area contributed by atoms with Crippen molar-refractivity contribution in [1.82, 2.24) is 19.1 Å². The normalized spacial score (nSPS) is 12.1. The second-order valence-electron chi connectivity index (χ2n) is 6.53. The number of aryl methyl sites for hydroxylation is 1.